The van der Waals surface area contributed by atoms with Crippen LogP contribution in [-0.2, 0) is 6.61 Å². The highest BCUT2D eigenvalue weighted by atomic mass is 35.5. The molecule has 2 aromatic heterocycles. The predicted octanol–water partition coefficient (Wildman–Crippen LogP) is 5.60. The van der Waals surface area contributed by atoms with Gasteiger partial charge in [-0.2, -0.15) is 0 Å². The Morgan fingerprint density at radius 3 is 2.40 bits per heavy atom. The Hall–Kier alpha value is -3.51. The van der Waals surface area contributed by atoms with E-state index in [0.717, 1.165) is 11.1 Å². The Balaban J connectivity index is 1.84. The molecule has 2 heterocycles. The van der Waals surface area contributed by atoms with Gasteiger partial charge >= 0.3 is 5.97 Å². The summed E-state index contributed by atoms with van der Waals surface area (Å²) in [6.07, 6.45) is 0. The lowest BCUT2D eigenvalue weighted by atomic mass is 10.0. The molecule has 6 nitrogen and oxygen atoms in total. The molecule has 0 unspecified atom stereocenters. The smallest absolute Gasteiger partial charge is 0.371 e. The molecule has 0 aliphatic carbocycles. The zero-order valence-electron chi connectivity index (χ0n) is 16.2. The second kappa shape index (κ2) is 7.72. The van der Waals surface area contributed by atoms with Gasteiger partial charge < -0.3 is 18.7 Å². The zero-order chi connectivity index (χ0) is 21.4. The summed E-state index contributed by atoms with van der Waals surface area (Å²) in [5.74, 6) is -0.838. The van der Waals surface area contributed by atoms with E-state index in [1.165, 1.54) is 12.1 Å². The number of benzene rings is 2. The van der Waals surface area contributed by atoms with E-state index >= 15 is 0 Å². The van der Waals surface area contributed by atoms with E-state index in [-0.39, 0.29) is 35.1 Å². The molecule has 2 aromatic carbocycles. The van der Waals surface area contributed by atoms with Crippen molar-refractivity contribution in [3.05, 3.63) is 86.4 Å². The molecule has 4 aromatic rings. The molecule has 1 N–H and O–H groups in total. The van der Waals surface area contributed by atoms with E-state index in [0.29, 0.717) is 21.6 Å². The molecule has 0 bridgehead atoms. The molecule has 0 saturated heterocycles. The lowest BCUT2D eigenvalue weighted by molar-refractivity contribution is 0.0658. The van der Waals surface area contributed by atoms with Crippen LogP contribution in [0.2, 0.25) is 5.02 Å². The van der Waals surface area contributed by atoms with Crippen molar-refractivity contribution in [2.24, 2.45) is 0 Å². The molecule has 0 radical (unpaired) electrons. The van der Waals surface area contributed by atoms with Crippen molar-refractivity contribution in [1.29, 1.82) is 0 Å². The minimum atomic E-state index is -1.18. The third kappa shape index (κ3) is 3.69. The number of carboxylic acid groups (broad SMARTS) is 1. The molecule has 4 rings (SSSR count). The van der Waals surface area contributed by atoms with Gasteiger partial charge in [0, 0.05) is 10.6 Å². The van der Waals surface area contributed by atoms with Crippen LogP contribution in [0, 0.1) is 13.8 Å². The number of ether oxygens (including phenoxy) is 1. The number of hydrogen-bond acceptors (Lipinski definition) is 5. The Kier molecular flexibility index (Phi) is 5.10. The topological polar surface area (TPSA) is 89.9 Å². The first kappa shape index (κ1) is 19.8. The van der Waals surface area contributed by atoms with Crippen molar-refractivity contribution < 1.29 is 23.5 Å². The zero-order valence-corrected chi connectivity index (χ0v) is 16.9. The van der Waals surface area contributed by atoms with Gasteiger partial charge in [-0.1, -0.05) is 11.6 Å². The quantitative estimate of drug-likeness (QED) is 0.448. The SMILES string of the molecule is Cc1cc2oc(-c3ccc(Cl)cc3)c(OCc3ccc(C(=O)O)o3)c(=O)c2cc1C. The van der Waals surface area contributed by atoms with E-state index < -0.39 is 5.97 Å². The lowest BCUT2D eigenvalue weighted by Crippen LogP contribution is -2.10. The molecule has 0 aliphatic heterocycles. The fourth-order valence-electron chi connectivity index (χ4n) is 3.07. The average Bonchev–Trinajstić information content (AvgIpc) is 3.19. The summed E-state index contributed by atoms with van der Waals surface area (Å²) < 4.78 is 17.1. The van der Waals surface area contributed by atoms with E-state index in [4.69, 9.17) is 30.3 Å². The molecular weight excluding hydrogens is 408 g/mol. The van der Waals surface area contributed by atoms with Crippen LogP contribution in [0.25, 0.3) is 22.3 Å². The molecule has 152 valence electrons. The molecule has 0 saturated carbocycles. The fraction of sp³-hybridized carbons (Fsp3) is 0.130. The van der Waals surface area contributed by atoms with Gasteiger partial charge in [0.1, 0.15) is 18.0 Å². The monoisotopic (exact) mass is 424 g/mol. The molecule has 7 heteroatoms. The van der Waals surface area contributed by atoms with Crippen LogP contribution >= 0.6 is 11.6 Å². The van der Waals surface area contributed by atoms with E-state index in [1.54, 1.807) is 30.3 Å². The number of halogens is 1. The standard InChI is InChI=1S/C23H17ClO6/c1-12-9-17-19(10-13(12)2)30-21(14-3-5-15(24)6-4-14)22(20(17)25)28-11-16-7-8-18(29-16)23(26)27/h3-10H,11H2,1-2H3,(H,26,27). The summed E-state index contributed by atoms with van der Waals surface area (Å²) in [6.45, 7) is 3.73. The summed E-state index contributed by atoms with van der Waals surface area (Å²) >= 11 is 5.99. The van der Waals surface area contributed by atoms with Gasteiger partial charge in [0.15, 0.2) is 5.76 Å². The number of carboxylic acids is 1. The summed E-state index contributed by atoms with van der Waals surface area (Å²) in [4.78, 5) is 24.3. The Morgan fingerprint density at radius 1 is 1.03 bits per heavy atom. The van der Waals surface area contributed by atoms with Crippen LogP contribution in [-0.4, -0.2) is 11.1 Å². The number of rotatable bonds is 5. The maximum Gasteiger partial charge on any atom is 0.371 e. The van der Waals surface area contributed by atoms with E-state index in [9.17, 15) is 9.59 Å². The van der Waals surface area contributed by atoms with Gasteiger partial charge in [-0.3, -0.25) is 4.79 Å². The summed E-state index contributed by atoms with van der Waals surface area (Å²) in [5, 5.41) is 9.95. The second-order valence-corrected chi connectivity index (χ2v) is 7.33. The number of aromatic carboxylic acids is 1. The summed E-state index contributed by atoms with van der Waals surface area (Å²) in [5.41, 5.74) is 2.70. The van der Waals surface area contributed by atoms with Crippen LogP contribution < -0.4 is 10.2 Å². The van der Waals surface area contributed by atoms with E-state index in [2.05, 4.69) is 0 Å². The molecule has 0 fully saturated rings. The van der Waals surface area contributed by atoms with Gasteiger partial charge in [-0.15, -0.1) is 0 Å². The number of fused-ring (bicyclic) bond motifs is 1. The van der Waals surface area contributed by atoms with Crippen molar-refractivity contribution in [3.8, 4) is 17.1 Å². The molecule has 0 aliphatic rings. The number of furan rings is 1. The van der Waals surface area contributed by atoms with Gasteiger partial charge in [0.25, 0.3) is 0 Å². The Bertz CT molecular complexity index is 1310. The molecule has 30 heavy (non-hydrogen) atoms. The average molecular weight is 425 g/mol. The van der Waals surface area contributed by atoms with Crippen molar-refractivity contribution in [2.75, 3.05) is 0 Å². The van der Waals surface area contributed by atoms with Crippen molar-refractivity contribution in [2.45, 2.75) is 20.5 Å². The van der Waals surface area contributed by atoms with Crippen LogP contribution in [0.15, 0.2) is 62.2 Å². The van der Waals surface area contributed by atoms with Crippen molar-refractivity contribution >= 4 is 28.5 Å². The number of carbonyl (C=O) groups is 1. The second-order valence-electron chi connectivity index (χ2n) is 6.89. The van der Waals surface area contributed by atoms with Gasteiger partial charge in [0.2, 0.25) is 16.9 Å². The van der Waals surface area contributed by atoms with Crippen molar-refractivity contribution in [1.82, 2.24) is 0 Å². The van der Waals surface area contributed by atoms with Crippen LogP contribution in [0.5, 0.6) is 5.75 Å². The highest BCUT2D eigenvalue weighted by Crippen LogP contribution is 2.33. The van der Waals surface area contributed by atoms with Gasteiger partial charge in [0.05, 0.1) is 5.39 Å². The van der Waals surface area contributed by atoms with Gasteiger partial charge in [-0.05, 0) is 73.5 Å². The minimum Gasteiger partial charge on any atom is -0.478 e. The number of hydrogen-bond donors (Lipinski definition) is 1. The third-order valence-corrected chi connectivity index (χ3v) is 5.05. The number of aryl methyl sites for hydroxylation is 2. The van der Waals surface area contributed by atoms with Crippen LogP contribution in [0.1, 0.15) is 27.4 Å². The molecular formula is C23H17ClO6. The predicted molar refractivity (Wildman–Crippen MR) is 112 cm³/mol. The van der Waals surface area contributed by atoms with Crippen LogP contribution in [0.3, 0.4) is 0 Å². The Labute approximate surface area is 176 Å². The summed E-state index contributed by atoms with van der Waals surface area (Å²) in [7, 11) is 0. The minimum absolute atomic E-state index is 0.0151. The Morgan fingerprint density at radius 2 is 1.73 bits per heavy atom. The molecule has 0 amide bonds. The van der Waals surface area contributed by atoms with Crippen LogP contribution in [0.4, 0.5) is 0 Å². The maximum atomic E-state index is 13.3. The normalized spacial score (nSPS) is 11.0. The van der Waals surface area contributed by atoms with E-state index in [1.807, 2.05) is 19.9 Å². The largest absolute Gasteiger partial charge is 0.478 e. The van der Waals surface area contributed by atoms with Crippen molar-refractivity contribution in [3.63, 3.8) is 0 Å². The molecule has 0 atom stereocenters. The lowest BCUT2D eigenvalue weighted by Gasteiger charge is -2.12. The first-order chi connectivity index (χ1) is 14.3. The fourth-order valence-corrected chi connectivity index (χ4v) is 3.20. The highest BCUT2D eigenvalue weighted by Gasteiger charge is 2.19. The summed E-state index contributed by atoms with van der Waals surface area (Å²) in [6, 6.07) is 13.3. The highest BCUT2D eigenvalue weighted by molar-refractivity contribution is 6.30. The van der Waals surface area contributed by atoms with Gasteiger partial charge in [-0.25, -0.2) is 4.79 Å². The maximum absolute atomic E-state index is 13.3. The third-order valence-electron chi connectivity index (χ3n) is 4.80. The first-order valence-electron chi connectivity index (χ1n) is 9.12. The molecule has 0 spiro atoms. The first-order valence-corrected chi connectivity index (χ1v) is 9.50.